The third-order valence-electron chi connectivity index (χ3n) is 2.96. The first-order valence-electron chi connectivity index (χ1n) is 6.84. The maximum Gasteiger partial charge on any atom is 0.258 e. The highest BCUT2D eigenvalue weighted by Gasteiger charge is 2.13. The summed E-state index contributed by atoms with van der Waals surface area (Å²) in [4.78, 5) is 24.5. The van der Waals surface area contributed by atoms with Crippen molar-refractivity contribution in [3.05, 3.63) is 52.0 Å². The van der Waals surface area contributed by atoms with Crippen LogP contribution in [0.15, 0.2) is 35.7 Å². The highest BCUT2D eigenvalue weighted by molar-refractivity contribution is 7.09. The standard InChI is InChI=1S/C16H16FNO3S/c1-2-14(19)13-8-11(17)5-6-15(13)21-10-16(20)18-9-12-4-3-7-22-12/h3-8H,2,9-10H2,1H3,(H,18,20). The molecule has 0 radical (unpaired) electrons. The fourth-order valence-corrected chi connectivity index (χ4v) is 2.47. The van der Waals surface area contributed by atoms with Gasteiger partial charge >= 0.3 is 0 Å². The summed E-state index contributed by atoms with van der Waals surface area (Å²) < 4.78 is 18.6. The monoisotopic (exact) mass is 321 g/mol. The van der Waals surface area contributed by atoms with E-state index in [2.05, 4.69) is 5.32 Å². The third kappa shape index (κ3) is 4.39. The molecule has 4 nitrogen and oxygen atoms in total. The van der Waals surface area contributed by atoms with E-state index in [-0.39, 0.29) is 36.0 Å². The second-order valence-corrected chi connectivity index (χ2v) is 5.59. The summed E-state index contributed by atoms with van der Waals surface area (Å²) in [5.41, 5.74) is 0.161. The summed E-state index contributed by atoms with van der Waals surface area (Å²) in [7, 11) is 0. The Balaban J connectivity index is 1.93. The number of amides is 1. The summed E-state index contributed by atoms with van der Waals surface area (Å²) in [6.45, 7) is 1.90. The maximum atomic E-state index is 13.2. The molecule has 6 heteroatoms. The van der Waals surface area contributed by atoms with Crippen LogP contribution in [0.5, 0.6) is 5.75 Å². The number of Topliss-reactive ketones (excluding diaryl/α,β-unsaturated/α-hetero) is 1. The molecule has 0 aliphatic rings. The summed E-state index contributed by atoms with van der Waals surface area (Å²) >= 11 is 1.55. The Morgan fingerprint density at radius 1 is 1.32 bits per heavy atom. The molecular weight excluding hydrogens is 305 g/mol. The van der Waals surface area contributed by atoms with Crippen molar-refractivity contribution in [3.8, 4) is 5.75 Å². The molecule has 2 aromatic rings. The van der Waals surface area contributed by atoms with Crippen LogP contribution >= 0.6 is 11.3 Å². The van der Waals surface area contributed by atoms with Crippen LogP contribution in [0.1, 0.15) is 28.6 Å². The minimum absolute atomic E-state index is 0.161. The second-order valence-electron chi connectivity index (χ2n) is 4.56. The van der Waals surface area contributed by atoms with Gasteiger partial charge in [0, 0.05) is 11.3 Å². The normalized spacial score (nSPS) is 10.3. The van der Waals surface area contributed by atoms with Gasteiger partial charge in [0.15, 0.2) is 12.4 Å². The van der Waals surface area contributed by atoms with E-state index in [9.17, 15) is 14.0 Å². The van der Waals surface area contributed by atoms with Gasteiger partial charge in [-0.25, -0.2) is 4.39 Å². The molecule has 0 aliphatic heterocycles. The quantitative estimate of drug-likeness (QED) is 0.797. The lowest BCUT2D eigenvalue weighted by Gasteiger charge is -2.10. The highest BCUT2D eigenvalue weighted by Crippen LogP contribution is 2.21. The van der Waals surface area contributed by atoms with Gasteiger partial charge in [-0.2, -0.15) is 0 Å². The third-order valence-corrected chi connectivity index (χ3v) is 3.84. The van der Waals surface area contributed by atoms with E-state index in [0.717, 1.165) is 10.9 Å². The first-order valence-corrected chi connectivity index (χ1v) is 7.72. The molecular formula is C16H16FNO3S. The lowest BCUT2D eigenvalue weighted by atomic mass is 10.1. The van der Waals surface area contributed by atoms with E-state index in [1.54, 1.807) is 18.3 Å². The molecule has 0 bridgehead atoms. The van der Waals surface area contributed by atoms with Gasteiger partial charge in [-0.05, 0) is 29.6 Å². The predicted octanol–water partition coefficient (Wildman–Crippen LogP) is 3.18. The van der Waals surface area contributed by atoms with Gasteiger partial charge in [0.2, 0.25) is 0 Å². The van der Waals surface area contributed by atoms with E-state index < -0.39 is 5.82 Å². The molecule has 0 aliphatic carbocycles. The Morgan fingerprint density at radius 2 is 2.14 bits per heavy atom. The molecule has 0 atom stereocenters. The number of hydrogen-bond acceptors (Lipinski definition) is 4. The molecule has 0 fully saturated rings. The number of benzene rings is 1. The van der Waals surface area contributed by atoms with E-state index in [0.29, 0.717) is 6.54 Å². The Bertz CT molecular complexity index is 655. The summed E-state index contributed by atoms with van der Waals surface area (Å²) in [5, 5.41) is 4.65. The van der Waals surface area contributed by atoms with Crippen LogP contribution in [0, 0.1) is 5.82 Å². The number of rotatable bonds is 7. The fourth-order valence-electron chi connectivity index (χ4n) is 1.83. The first-order chi connectivity index (χ1) is 10.6. The maximum absolute atomic E-state index is 13.2. The minimum atomic E-state index is -0.508. The van der Waals surface area contributed by atoms with Crippen molar-refractivity contribution in [2.24, 2.45) is 0 Å². The van der Waals surface area contributed by atoms with Crippen molar-refractivity contribution in [2.75, 3.05) is 6.61 Å². The SMILES string of the molecule is CCC(=O)c1cc(F)ccc1OCC(=O)NCc1cccs1. The summed E-state index contributed by atoms with van der Waals surface area (Å²) in [5.74, 6) is -0.813. The number of halogens is 1. The lowest BCUT2D eigenvalue weighted by Crippen LogP contribution is -2.28. The molecule has 0 saturated carbocycles. The fraction of sp³-hybridized carbons (Fsp3) is 0.250. The van der Waals surface area contributed by atoms with Crippen molar-refractivity contribution in [1.29, 1.82) is 0 Å². The Kier molecular flexibility index (Phi) is 5.66. The zero-order valence-electron chi connectivity index (χ0n) is 12.1. The Labute approximate surface area is 131 Å². The molecule has 116 valence electrons. The number of thiophene rings is 1. The topological polar surface area (TPSA) is 55.4 Å². The molecule has 1 aromatic carbocycles. The Morgan fingerprint density at radius 3 is 2.82 bits per heavy atom. The largest absolute Gasteiger partial charge is 0.483 e. The smallest absolute Gasteiger partial charge is 0.258 e. The summed E-state index contributed by atoms with van der Waals surface area (Å²) in [6, 6.07) is 7.52. The van der Waals surface area contributed by atoms with Gasteiger partial charge in [0.1, 0.15) is 11.6 Å². The van der Waals surface area contributed by atoms with Crippen LogP contribution in [-0.4, -0.2) is 18.3 Å². The van der Waals surface area contributed by atoms with Crippen LogP contribution in [0.2, 0.25) is 0 Å². The van der Waals surface area contributed by atoms with Gasteiger partial charge in [0.05, 0.1) is 12.1 Å². The van der Waals surface area contributed by atoms with Crippen LogP contribution in [0.3, 0.4) is 0 Å². The molecule has 1 N–H and O–H groups in total. The number of ether oxygens (including phenoxy) is 1. The lowest BCUT2D eigenvalue weighted by molar-refractivity contribution is -0.123. The van der Waals surface area contributed by atoms with Crippen molar-refractivity contribution < 1.29 is 18.7 Å². The van der Waals surface area contributed by atoms with Gasteiger partial charge < -0.3 is 10.1 Å². The van der Waals surface area contributed by atoms with Crippen LogP contribution in [-0.2, 0) is 11.3 Å². The van der Waals surface area contributed by atoms with Crippen LogP contribution in [0.4, 0.5) is 4.39 Å². The van der Waals surface area contributed by atoms with Crippen molar-refractivity contribution in [2.45, 2.75) is 19.9 Å². The van der Waals surface area contributed by atoms with Crippen LogP contribution < -0.4 is 10.1 Å². The predicted molar refractivity (Wildman–Crippen MR) is 82.7 cm³/mol. The van der Waals surface area contributed by atoms with Crippen molar-refractivity contribution in [1.82, 2.24) is 5.32 Å². The average molecular weight is 321 g/mol. The zero-order chi connectivity index (χ0) is 15.9. The number of carbonyl (C=O) groups excluding carboxylic acids is 2. The minimum Gasteiger partial charge on any atom is -0.483 e. The number of ketones is 1. The molecule has 0 spiro atoms. The number of nitrogens with one attached hydrogen (secondary N) is 1. The van der Waals surface area contributed by atoms with Crippen molar-refractivity contribution >= 4 is 23.0 Å². The first kappa shape index (κ1) is 16.2. The van der Waals surface area contributed by atoms with Crippen molar-refractivity contribution in [3.63, 3.8) is 0 Å². The van der Waals surface area contributed by atoms with E-state index >= 15 is 0 Å². The number of carbonyl (C=O) groups is 2. The van der Waals surface area contributed by atoms with E-state index in [1.807, 2.05) is 17.5 Å². The molecule has 22 heavy (non-hydrogen) atoms. The average Bonchev–Trinajstić information content (AvgIpc) is 3.04. The van der Waals surface area contributed by atoms with Gasteiger partial charge in [0.25, 0.3) is 5.91 Å². The van der Waals surface area contributed by atoms with Crippen LogP contribution in [0.25, 0.3) is 0 Å². The van der Waals surface area contributed by atoms with E-state index in [1.165, 1.54) is 12.1 Å². The van der Waals surface area contributed by atoms with Gasteiger partial charge in [-0.15, -0.1) is 11.3 Å². The molecule has 1 aromatic heterocycles. The Hall–Kier alpha value is -2.21. The zero-order valence-corrected chi connectivity index (χ0v) is 12.9. The van der Waals surface area contributed by atoms with Gasteiger partial charge in [-0.3, -0.25) is 9.59 Å². The molecule has 1 amide bonds. The second kappa shape index (κ2) is 7.70. The molecule has 0 unspecified atom stereocenters. The summed E-state index contributed by atoms with van der Waals surface area (Å²) in [6.07, 6.45) is 0.240. The highest BCUT2D eigenvalue weighted by atomic mass is 32.1. The van der Waals surface area contributed by atoms with Gasteiger partial charge in [-0.1, -0.05) is 13.0 Å². The number of hydrogen-bond donors (Lipinski definition) is 1. The molecule has 2 rings (SSSR count). The molecule has 1 heterocycles. The molecule has 0 saturated heterocycles. The van der Waals surface area contributed by atoms with E-state index in [4.69, 9.17) is 4.74 Å².